The zero-order valence-corrected chi connectivity index (χ0v) is 24.2. The van der Waals surface area contributed by atoms with Gasteiger partial charge in [-0.25, -0.2) is 9.80 Å². The number of nitrogens with one attached hydrogen (secondary N) is 1. The fourth-order valence-electron chi connectivity index (χ4n) is 5.24. The number of aromatic hydroxyl groups is 1. The molecule has 4 rings (SSSR count). The van der Waals surface area contributed by atoms with Crippen LogP contribution in [0.15, 0.2) is 84.9 Å². The van der Waals surface area contributed by atoms with E-state index < -0.39 is 18.2 Å². The Bertz CT molecular complexity index is 1410. The lowest BCUT2D eigenvalue weighted by atomic mass is 10.00. The molecular weight excluding hydrogens is 530 g/mol. The molecule has 1 heterocycles. The van der Waals surface area contributed by atoms with Crippen molar-refractivity contribution in [3.8, 4) is 18.1 Å². The number of carbonyl (C=O) groups excluding carboxylic acids is 3. The van der Waals surface area contributed by atoms with Gasteiger partial charge in [-0.05, 0) is 42.7 Å². The zero-order valence-electron chi connectivity index (χ0n) is 24.2. The van der Waals surface area contributed by atoms with E-state index in [1.54, 1.807) is 43.1 Å². The van der Waals surface area contributed by atoms with Gasteiger partial charge in [0.1, 0.15) is 18.0 Å². The van der Waals surface area contributed by atoms with Crippen molar-refractivity contribution in [2.75, 3.05) is 20.1 Å². The quantitative estimate of drug-likeness (QED) is 0.384. The van der Waals surface area contributed by atoms with Crippen molar-refractivity contribution in [1.29, 1.82) is 0 Å². The Morgan fingerprint density at radius 1 is 1.02 bits per heavy atom. The number of hydrogen-bond donors (Lipinski definition) is 2. The molecule has 0 bridgehead atoms. The summed E-state index contributed by atoms with van der Waals surface area (Å²) >= 11 is 0. The van der Waals surface area contributed by atoms with Crippen molar-refractivity contribution in [3.63, 3.8) is 0 Å². The van der Waals surface area contributed by atoms with Crippen molar-refractivity contribution in [2.24, 2.45) is 0 Å². The van der Waals surface area contributed by atoms with Crippen molar-refractivity contribution < 1.29 is 19.5 Å². The maximum atomic E-state index is 14.2. The largest absolute Gasteiger partial charge is 0.508 e. The second kappa shape index (κ2) is 13.7. The molecule has 0 radical (unpaired) electrons. The highest BCUT2D eigenvalue weighted by molar-refractivity contribution is 5.90. The average molecular weight is 568 g/mol. The van der Waals surface area contributed by atoms with E-state index in [-0.39, 0.29) is 49.7 Å². The summed E-state index contributed by atoms with van der Waals surface area (Å²) in [6, 6.07) is 24.1. The Kier molecular flexibility index (Phi) is 9.84. The van der Waals surface area contributed by atoms with Gasteiger partial charge in [0, 0.05) is 20.0 Å². The molecule has 0 aliphatic carbocycles. The van der Waals surface area contributed by atoms with Crippen LogP contribution in [-0.4, -0.2) is 75.1 Å². The number of hydrogen-bond acceptors (Lipinski definition) is 5. The summed E-state index contributed by atoms with van der Waals surface area (Å²) in [6.07, 6.45) is 4.98. The molecule has 0 spiro atoms. The van der Waals surface area contributed by atoms with E-state index in [4.69, 9.17) is 6.42 Å². The topological polar surface area (TPSA) is 96.4 Å². The summed E-state index contributed by atoms with van der Waals surface area (Å²) in [4.78, 5) is 44.7. The summed E-state index contributed by atoms with van der Waals surface area (Å²) in [5.41, 5.74) is 2.64. The van der Waals surface area contributed by atoms with E-state index in [1.807, 2.05) is 67.6 Å². The highest BCUT2D eigenvalue weighted by Gasteiger charge is 2.45. The molecular formula is C33H37N5O4. The molecule has 9 heteroatoms. The van der Waals surface area contributed by atoms with Crippen LogP contribution < -0.4 is 5.32 Å². The molecule has 0 aromatic heterocycles. The van der Waals surface area contributed by atoms with Gasteiger partial charge in [-0.2, -0.15) is 5.01 Å². The number of carbonyl (C=O) groups is 3. The maximum absolute atomic E-state index is 14.2. The first-order valence-electron chi connectivity index (χ1n) is 13.9. The third-order valence-electron chi connectivity index (χ3n) is 7.63. The number of phenols is 1. The summed E-state index contributed by atoms with van der Waals surface area (Å²) in [5, 5.41) is 15.7. The molecule has 218 valence electrons. The lowest BCUT2D eigenvalue weighted by Gasteiger charge is -2.50. The SMILES string of the molecule is C#CCN1CC(=O)N([C@@H](Cc2ccc(O)cc2)C(=O)N(C)[C@H](C)c2ccccc2)[C@H](C)N1C(=O)NCc1ccccc1. The Hall–Kier alpha value is -4.81. The van der Waals surface area contributed by atoms with Gasteiger partial charge in [0.25, 0.3) is 0 Å². The van der Waals surface area contributed by atoms with Crippen LogP contribution in [0.1, 0.15) is 36.6 Å². The van der Waals surface area contributed by atoms with Gasteiger partial charge in [0.2, 0.25) is 11.8 Å². The summed E-state index contributed by atoms with van der Waals surface area (Å²) in [7, 11) is 1.72. The van der Waals surface area contributed by atoms with Crippen LogP contribution in [0.3, 0.4) is 0 Å². The third-order valence-corrected chi connectivity index (χ3v) is 7.63. The number of likely N-dealkylation sites (N-methyl/N-ethyl adjacent to an activating group) is 1. The van der Waals surface area contributed by atoms with E-state index in [0.29, 0.717) is 0 Å². The van der Waals surface area contributed by atoms with Gasteiger partial charge in [-0.15, -0.1) is 6.42 Å². The van der Waals surface area contributed by atoms with E-state index in [1.165, 1.54) is 14.9 Å². The molecule has 2 N–H and O–H groups in total. The minimum atomic E-state index is -0.925. The van der Waals surface area contributed by atoms with Crippen LogP contribution in [0.4, 0.5) is 4.79 Å². The van der Waals surface area contributed by atoms with E-state index in [2.05, 4.69) is 11.2 Å². The number of urea groups is 1. The normalized spacial score (nSPS) is 16.8. The monoisotopic (exact) mass is 567 g/mol. The first-order chi connectivity index (χ1) is 20.2. The van der Waals surface area contributed by atoms with Crippen LogP contribution >= 0.6 is 0 Å². The minimum Gasteiger partial charge on any atom is -0.508 e. The maximum Gasteiger partial charge on any atom is 0.334 e. The first-order valence-corrected chi connectivity index (χ1v) is 13.9. The van der Waals surface area contributed by atoms with Gasteiger partial charge in [0.05, 0.1) is 19.1 Å². The predicted molar refractivity (Wildman–Crippen MR) is 160 cm³/mol. The number of amides is 4. The summed E-state index contributed by atoms with van der Waals surface area (Å²) in [5.74, 6) is 2.05. The molecule has 9 nitrogen and oxygen atoms in total. The van der Waals surface area contributed by atoms with Crippen LogP contribution in [-0.2, 0) is 22.6 Å². The second-order valence-corrected chi connectivity index (χ2v) is 10.4. The molecule has 4 amide bonds. The Labute approximate surface area is 247 Å². The standard InChI is InChI=1S/C33H37N5O4/c1-5-20-36-23-31(40)37(25(3)38(36)33(42)34-22-27-12-8-6-9-13-27)30(21-26-16-18-29(39)19-17-26)32(41)35(4)24(2)28-14-10-7-11-15-28/h1,6-19,24-25,30,39H,20-23H2,2-4H3,(H,34,42)/t24-,25+,30+/m1/s1. The van der Waals surface area contributed by atoms with Crippen molar-refractivity contribution >= 4 is 17.8 Å². The third kappa shape index (κ3) is 6.90. The van der Waals surface area contributed by atoms with Crippen molar-refractivity contribution in [1.82, 2.24) is 25.1 Å². The van der Waals surface area contributed by atoms with Crippen molar-refractivity contribution in [3.05, 3.63) is 102 Å². The molecule has 1 fully saturated rings. The Morgan fingerprint density at radius 3 is 2.26 bits per heavy atom. The molecule has 1 saturated heterocycles. The van der Waals surface area contributed by atoms with Gasteiger partial charge >= 0.3 is 6.03 Å². The van der Waals surface area contributed by atoms with Gasteiger partial charge in [-0.3, -0.25) is 9.59 Å². The highest BCUT2D eigenvalue weighted by atomic mass is 16.3. The van der Waals surface area contributed by atoms with Crippen LogP contribution in [0.5, 0.6) is 5.75 Å². The molecule has 0 saturated carbocycles. The lowest BCUT2D eigenvalue weighted by molar-refractivity contribution is -0.173. The number of rotatable bonds is 9. The van der Waals surface area contributed by atoms with Gasteiger partial charge < -0.3 is 20.2 Å². The van der Waals surface area contributed by atoms with Gasteiger partial charge in [0.15, 0.2) is 0 Å². The first kappa shape index (κ1) is 30.2. The number of terminal acetylenes is 1. The van der Waals surface area contributed by atoms with Crippen LogP contribution in [0.25, 0.3) is 0 Å². The van der Waals surface area contributed by atoms with E-state index in [0.717, 1.165) is 16.7 Å². The fraction of sp³-hybridized carbons (Fsp3) is 0.303. The summed E-state index contributed by atoms with van der Waals surface area (Å²) < 4.78 is 0. The zero-order chi connectivity index (χ0) is 30.2. The molecule has 1 aliphatic heterocycles. The Balaban J connectivity index is 1.66. The number of benzene rings is 3. The molecule has 3 aromatic carbocycles. The highest BCUT2D eigenvalue weighted by Crippen LogP contribution is 2.27. The van der Waals surface area contributed by atoms with Gasteiger partial charge in [-0.1, -0.05) is 78.7 Å². The van der Waals surface area contributed by atoms with Crippen LogP contribution in [0, 0.1) is 12.3 Å². The van der Waals surface area contributed by atoms with E-state index >= 15 is 0 Å². The predicted octanol–water partition coefficient (Wildman–Crippen LogP) is 3.77. The molecule has 0 unspecified atom stereocenters. The van der Waals surface area contributed by atoms with Crippen molar-refractivity contribution in [2.45, 2.75) is 45.1 Å². The lowest BCUT2D eigenvalue weighted by Crippen LogP contribution is -2.70. The van der Waals surface area contributed by atoms with Crippen LogP contribution in [0.2, 0.25) is 0 Å². The van der Waals surface area contributed by atoms with E-state index in [9.17, 15) is 19.5 Å². The molecule has 1 aliphatic rings. The smallest absolute Gasteiger partial charge is 0.334 e. The fourth-order valence-corrected chi connectivity index (χ4v) is 5.24. The molecule has 3 aromatic rings. The second-order valence-electron chi connectivity index (χ2n) is 10.4. The molecule has 3 atom stereocenters. The average Bonchev–Trinajstić information content (AvgIpc) is 3.00. The minimum absolute atomic E-state index is 0.0458. The number of nitrogens with zero attached hydrogens (tertiary/aromatic N) is 4. The summed E-state index contributed by atoms with van der Waals surface area (Å²) in [6.45, 7) is 3.83. The Morgan fingerprint density at radius 2 is 1.64 bits per heavy atom. The number of phenolic OH excluding ortho intramolecular Hbond substituents is 1. The molecule has 42 heavy (non-hydrogen) atoms. The number of hydrazine groups is 1.